The molecule has 5 nitrogen and oxygen atoms in total. The molecule has 1 fully saturated rings. The number of ether oxygens (including phenoxy) is 2. The summed E-state index contributed by atoms with van der Waals surface area (Å²) in [6, 6.07) is 18.5. The van der Waals surface area contributed by atoms with Crippen molar-refractivity contribution in [2.24, 2.45) is 0 Å². The summed E-state index contributed by atoms with van der Waals surface area (Å²) in [4.78, 5) is 14.9. The maximum absolute atomic E-state index is 12.5. The summed E-state index contributed by atoms with van der Waals surface area (Å²) >= 11 is 0. The molecule has 1 saturated heterocycles. The Kier molecular flexibility index (Phi) is 7.88. The van der Waals surface area contributed by atoms with Gasteiger partial charge >= 0.3 is 0 Å². The van der Waals surface area contributed by atoms with Gasteiger partial charge in [0.15, 0.2) is 0 Å². The molecule has 3 rings (SSSR count). The minimum atomic E-state index is 0.0514. The van der Waals surface area contributed by atoms with Crippen LogP contribution in [0.25, 0.3) is 0 Å². The standard InChI is InChI=1S/C23H30N2O3/c1-2-28-22-10-8-20(9-11-22)17-23(26)24-18-21(25-12-14-27-15-13-25)16-19-6-4-3-5-7-19/h3-11,21H,2,12-18H2,1H3,(H,24,26). The molecule has 5 heteroatoms. The molecule has 1 heterocycles. The third kappa shape index (κ3) is 6.36. The van der Waals surface area contributed by atoms with Crippen molar-refractivity contribution in [2.75, 3.05) is 39.5 Å². The van der Waals surface area contributed by atoms with E-state index in [2.05, 4.69) is 34.5 Å². The first kappa shape index (κ1) is 20.4. The van der Waals surface area contributed by atoms with Crippen LogP contribution in [0.1, 0.15) is 18.1 Å². The number of nitrogens with zero attached hydrogens (tertiary/aromatic N) is 1. The van der Waals surface area contributed by atoms with Gasteiger partial charge in [0, 0.05) is 25.7 Å². The highest BCUT2D eigenvalue weighted by atomic mass is 16.5. The van der Waals surface area contributed by atoms with Crippen LogP contribution in [0.15, 0.2) is 54.6 Å². The molecule has 1 aliphatic rings. The highest BCUT2D eigenvalue weighted by molar-refractivity contribution is 5.78. The minimum absolute atomic E-state index is 0.0514. The van der Waals surface area contributed by atoms with Crippen LogP contribution in [-0.2, 0) is 22.4 Å². The molecule has 28 heavy (non-hydrogen) atoms. The van der Waals surface area contributed by atoms with Crippen molar-refractivity contribution in [2.45, 2.75) is 25.8 Å². The van der Waals surface area contributed by atoms with Gasteiger partial charge in [-0.1, -0.05) is 42.5 Å². The minimum Gasteiger partial charge on any atom is -0.494 e. The number of hydrogen-bond donors (Lipinski definition) is 1. The Bertz CT molecular complexity index is 712. The van der Waals surface area contributed by atoms with Crippen LogP contribution in [0, 0.1) is 0 Å². The van der Waals surface area contributed by atoms with Crippen LogP contribution < -0.4 is 10.1 Å². The van der Waals surface area contributed by atoms with Gasteiger partial charge in [-0.15, -0.1) is 0 Å². The lowest BCUT2D eigenvalue weighted by Crippen LogP contribution is -2.50. The molecule has 1 N–H and O–H groups in total. The number of morpholine rings is 1. The number of carbonyl (C=O) groups is 1. The molecule has 1 atom stereocenters. The monoisotopic (exact) mass is 382 g/mol. The Morgan fingerprint density at radius 1 is 1.07 bits per heavy atom. The van der Waals surface area contributed by atoms with Crippen molar-refractivity contribution >= 4 is 5.91 Å². The van der Waals surface area contributed by atoms with Gasteiger partial charge in [-0.3, -0.25) is 9.69 Å². The summed E-state index contributed by atoms with van der Waals surface area (Å²) < 4.78 is 10.9. The molecule has 1 unspecified atom stereocenters. The van der Waals surface area contributed by atoms with Crippen molar-refractivity contribution in [3.63, 3.8) is 0 Å². The van der Waals surface area contributed by atoms with Crippen LogP contribution in [0.3, 0.4) is 0 Å². The van der Waals surface area contributed by atoms with E-state index < -0.39 is 0 Å². The zero-order valence-corrected chi connectivity index (χ0v) is 16.6. The topological polar surface area (TPSA) is 50.8 Å². The van der Waals surface area contributed by atoms with Gasteiger partial charge in [-0.2, -0.15) is 0 Å². The van der Waals surface area contributed by atoms with E-state index in [0.29, 0.717) is 19.6 Å². The van der Waals surface area contributed by atoms with Gasteiger partial charge in [0.25, 0.3) is 0 Å². The Hall–Kier alpha value is -2.37. The Morgan fingerprint density at radius 3 is 2.46 bits per heavy atom. The summed E-state index contributed by atoms with van der Waals surface area (Å²) in [5.41, 5.74) is 2.28. The van der Waals surface area contributed by atoms with Gasteiger partial charge in [0.1, 0.15) is 5.75 Å². The van der Waals surface area contributed by atoms with Crippen LogP contribution in [-0.4, -0.2) is 56.3 Å². The first-order chi connectivity index (χ1) is 13.7. The van der Waals surface area contributed by atoms with E-state index in [1.807, 2.05) is 37.3 Å². The fraction of sp³-hybridized carbons (Fsp3) is 0.435. The predicted octanol–water partition coefficient (Wildman–Crippen LogP) is 2.69. The zero-order valence-electron chi connectivity index (χ0n) is 16.6. The summed E-state index contributed by atoms with van der Waals surface area (Å²) in [7, 11) is 0. The molecular formula is C23H30N2O3. The third-order valence-electron chi connectivity index (χ3n) is 5.01. The van der Waals surface area contributed by atoms with Crippen molar-refractivity contribution < 1.29 is 14.3 Å². The van der Waals surface area contributed by atoms with Gasteiger partial charge in [-0.05, 0) is 36.6 Å². The second kappa shape index (κ2) is 10.8. The Labute approximate surface area is 167 Å². The lowest BCUT2D eigenvalue weighted by Gasteiger charge is -2.34. The SMILES string of the molecule is CCOc1ccc(CC(=O)NCC(Cc2ccccc2)N2CCOCC2)cc1. The normalized spacial score (nSPS) is 15.8. The van der Waals surface area contributed by atoms with E-state index in [0.717, 1.165) is 44.0 Å². The smallest absolute Gasteiger partial charge is 0.224 e. The molecule has 1 amide bonds. The third-order valence-corrected chi connectivity index (χ3v) is 5.01. The molecule has 0 saturated carbocycles. The van der Waals surface area contributed by atoms with E-state index in [1.54, 1.807) is 0 Å². The quantitative estimate of drug-likeness (QED) is 0.725. The molecule has 0 radical (unpaired) electrons. The largest absolute Gasteiger partial charge is 0.494 e. The number of hydrogen-bond acceptors (Lipinski definition) is 4. The van der Waals surface area contributed by atoms with Crippen molar-refractivity contribution in [1.29, 1.82) is 0 Å². The van der Waals surface area contributed by atoms with Crippen LogP contribution in [0.4, 0.5) is 0 Å². The zero-order chi connectivity index (χ0) is 19.6. The van der Waals surface area contributed by atoms with Gasteiger partial charge < -0.3 is 14.8 Å². The number of benzene rings is 2. The van der Waals surface area contributed by atoms with Crippen LogP contribution in [0.2, 0.25) is 0 Å². The second-order valence-corrected chi connectivity index (χ2v) is 7.05. The number of carbonyl (C=O) groups excluding carboxylic acids is 1. The van der Waals surface area contributed by atoms with E-state index in [1.165, 1.54) is 5.56 Å². The fourth-order valence-corrected chi connectivity index (χ4v) is 3.51. The van der Waals surface area contributed by atoms with Gasteiger partial charge in [-0.25, -0.2) is 0 Å². The predicted molar refractivity (Wildman–Crippen MR) is 111 cm³/mol. The molecule has 0 aromatic heterocycles. The highest BCUT2D eigenvalue weighted by Gasteiger charge is 2.22. The Morgan fingerprint density at radius 2 is 1.79 bits per heavy atom. The maximum Gasteiger partial charge on any atom is 0.224 e. The van der Waals surface area contributed by atoms with Crippen molar-refractivity contribution in [3.8, 4) is 5.75 Å². The van der Waals surface area contributed by atoms with Crippen LogP contribution >= 0.6 is 0 Å². The highest BCUT2D eigenvalue weighted by Crippen LogP contribution is 2.13. The molecule has 0 bridgehead atoms. The fourth-order valence-electron chi connectivity index (χ4n) is 3.51. The maximum atomic E-state index is 12.5. The average Bonchev–Trinajstić information content (AvgIpc) is 2.74. The summed E-state index contributed by atoms with van der Waals surface area (Å²) in [5.74, 6) is 0.886. The molecule has 1 aliphatic heterocycles. The molecule has 2 aromatic carbocycles. The van der Waals surface area contributed by atoms with Gasteiger partial charge in [0.05, 0.1) is 26.2 Å². The lowest BCUT2D eigenvalue weighted by atomic mass is 10.0. The molecule has 0 aliphatic carbocycles. The summed E-state index contributed by atoms with van der Waals surface area (Å²) in [6.45, 7) is 6.58. The summed E-state index contributed by atoms with van der Waals surface area (Å²) in [5, 5.41) is 3.14. The van der Waals surface area contributed by atoms with E-state index in [4.69, 9.17) is 9.47 Å². The Balaban J connectivity index is 1.54. The molecule has 0 spiro atoms. The average molecular weight is 383 g/mol. The number of nitrogens with one attached hydrogen (secondary N) is 1. The summed E-state index contributed by atoms with van der Waals surface area (Å²) in [6.07, 6.45) is 1.30. The van der Waals surface area contributed by atoms with E-state index >= 15 is 0 Å². The number of rotatable bonds is 9. The molecule has 150 valence electrons. The van der Waals surface area contributed by atoms with Crippen LogP contribution in [0.5, 0.6) is 5.75 Å². The molecule has 2 aromatic rings. The van der Waals surface area contributed by atoms with Crippen molar-refractivity contribution in [1.82, 2.24) is 10.2 Å². The second-order valence-electron chi connectivity index (χ2n) is 7.05. The first-order valence-electron chi connectivity index (χ1n) is 10.1. The number of amides is 1. The lowest BCUT2D eigenvalue weighted by molar-refractivity contribution is -0.120. The van der Waals surface area contributed by atoms with E-state index in [-0.39, 0.29) is 11.9 Å². The molecular weight excluding hydrogens is 352 g/mol. The van der Waals surface area contributed by atoms with Crippen molar-refractivity contribution in [3.05, 3.63) is 65.7 Å². The van der Waals surface area contributed by atoms with Gasteiger partial charge in [0.2, 0.25) is 5.91 Å². The first-order valence-corrected chi connectivity index (χ1v) is 10.1. The van der Waals surface area contributed by atoms with E-state index in [9.17, 15) is 4.79 Å².